The van der Waals surface area contributed by atoms with Gasteiger partial charge >= 0.3 is 11.9 Å². The summed E-state index contributed by atoms with van der Waals surface area (Å²) < 4.78 is 10.1. The van der Waals surface area contributed by atoms with Crippen molar-refractivity contribution in [3.8, 4) is 23.0 Å². The lowest BCUT2D eigenvalue weighted by Gasteiger charge is -2.23. The number of methoxy groups -OCH3 is 1. The van der Waals surface area contributed by atoms with E-state index in [2.05, 4.69) is 5.32 Å². The van der Waals surface area contributed by atoms with Crippen molar-refractivity contribution in [3.63, 3.8) is 0 Å². The van der Waals surface area contributed by atoms with E-state index in [1.807, 2.05) is 0 Å². The van der Waals surface area contributed by atoms with Gasteiger partial charge in [0, 0.05) is 23.3 Å². The molecule has 1 aromatic rings. The first-order valence-electron chi connectivity index (χ1n) is 6.71. The third-order valence-corrected chi connectivity index (χ3v) is 3.66. The van der Waals surface area contributed by atoms with E-state index in [0.717, 1.165) is 6.08 Å². The minimum Gasteiger partial charge on any atom is -0.504 e. The fourth-order valence-electron chi connectivity index (χ4n) is 2.53. The molecule has 1 aliphatic heterocycles. The molecular weight excluding hydrogens is 322 g/mol. The van der Waals surface area contributed by atoms with Crippen LogP contribution in [-0.2, 0) is 19.9 Å². The highest BCUT2D eigenvalue weighted by Crippen LogP contribution is 2.54. The number of carboxylic acid groups (broad SMARTS) is 1. The second-order valence-electron chi connectivity index (χ2n) is 5.23. The number of carbonyl (C=O) groups is 3. The van der Waals surface area contributed by atoms with Gasteiger partial charge in [0.25, 0.3) is 0 Å². The summed E-state index contributed by atoms with van der Waals surface area (Å²) in [7, 11) is 1.21. The Morgan fingerprint density at radius 1 is 1.25 bits per heavy atom. The van der Waals surface area contributed by atoms with Gasteiger partial charge in [-0.1, -0.05) is 0 Å². The highest BCUT2D eigenvalue weighted by Gasteiger charge is 2.50. The first kappa shape index (κ1) is 17.1. The first-order chi connectivity index (χ1) is 11.1. The number of hydrogen-bond acceptors (Lipinski definition) is 7. The second kappa shape index (κ2) is 5.76. The monoisotopic (exact) mass is 337 g/mol. The molecule has 1 aromatic carbocycles. The summed E-state index contributed by atoms with van der Waals surface area (Å²) in [5.41, 5.74) is -1.48. The molecule has 128 valence electrons. The number of hydrogen-bond donors (Lipinski definition) is 4. The average Bonchev–Trinajstić information content (AvgIpc) is 2.75. The molecule has 0 saturated carbocycles. The molecule has 0 saturated heterocycles. The molecule has 0 fully saturated rings. The molecule has 1 aliphatic rings. The number of esters is 1. The molecule has 1 unspecified atom stereocenters. The van der Waals surface area contributed by atoms with E-state index in [4.69, 9.17) is 14.6 Å². The van der Waals surface area contributed by atoms with Crippen molar-refractivity contribution in [2.45, 2.75) is 19.4 Å². The zero-order valence-corrected chi connectivity index (χ0v) is 13.0. The molecule has 1 heterocycles. The number of aromatic hydroxyl groups is 2. The summed E-state index contributed by atoms with van der Waals surface area (Å²) in [4.78, 5) is 34.6. The van der Waals surface area contributed by atoms with Gasteiger partial charge in [-0.05, 0) is 13.8 Å². The summed E-state index contributed by atoms with van der Waals surface area (Å²) in [5.74, 6) is -4.55. The molecule has 0 aromatic heterocycles. The number of aliphatic carboxylic acids is 1. The largest absolute Gasteiger partial charge is 0.504 e. The lowest BCUT2D eigenvalue weighted by molar-refractivity contribution is -0.141. The number of nitrogens with one attached hydrogen (secondary N) is 1. The Hall–Kier alpha value is -3.23. The Morgan fingerprint density at radius 2 is 1.88 bits per heavy atom. The zero-order valence-electron chi connectivity index (χ0n) is 13.0. The molecule has 0 spiro atoms. The predicted octanol–water partition coefficient (Wildman–Crippen LogP) is 0.306. The molecule has 0 radical (unpaired) electrons. The van der Waals surface area contributed by atoms with Gasteiger partial charge in [0.1, 0.15) is 0 Å². The van der Waals surface area contributed by atoms with Crippen molar-refractivity contribution in [2.24, 2.45) is 0 Å². The van der Waals surface area contributed by atoms with E-state index >= 15 is 0 Å². The maximum Gasteiger partial charge on any atom is 0.341 e. The standard InChI is InChI=1S/C15H15NO8/c1-6-9-12(13(23-3)11(21)10(6)20)24-14(22)15(9,2)16-7(17)4-5-8(18)19/h4-5,20-21H,1-3H3,(H,16,17)(H,18,19). The number of rotatable bonds is 4. The van der Waals surface area contributed by atoms with E-state index in [1.54, 1.807) is 0 Å². The number of carboxylic acids is 1. The summed E-state index contributed by atoms with van der Waals surface area (Å²) in [6, 6.07) is 0. The van der Waals surface area contributed by atoms with Gasteiger partial charge in [-0.25, -0.2) is 9.59 Å². The van der Waals surface area contributed by atoms with Crippen LogP contribution in [0.15, 0.2) is 12.2 Å². The van der Waals surface area contributed by atoms with E-state index in [-0.39, 0.29) is 22.6 Å². The Kier molecular flexibility index (Phi) is 4.11. The van der Waals surface area contributed by atoms with Crippen molar-refractivity contribution < 1.29 is 39.2 Å². The molecule has 2 rings (SSSR count). The maximum absolute atomic E-state index is 12.3. The summed E-state index contributed by atoms with van der Waals surface area (Å²) >= 11 is 0. The molecule has 0 aliphatic carbocycles. The molecule has 9 heteroatoms. The lowest BCUT2D eigenvalue weighted by Crippen LogP contribution is -2.47. The number of ether oxygens (including phenoxy) is 2. The second-order valence-corrected chi connectivity index (χ2v) is 5.23. The minimum atomic E-state index is -1.70. The fourth-order valence-corrected chi connectivity index (χ4v) is 2.53. The van der Waals surface area contributed by atoms with Crippen LogP contribution < -0.4 is 14.8 Å². The minimum absolute atomic E-state index is 0.108. The number of phenolic OH excluding ortho intramolecular Hbond substituents is 2. The smallest absolute Gasteiger partial charge is 0.341 e. The Balaban J connectivity index is 2.57. The zero-order chi connectivity index (χ0) is 18.2. The highest BCUT2D eigenvalue weighted by molar-refractivity contribution is 6.00. The SMILES string of the molecule is COc1c(O)c(O)c(C)c2c1OC(=O)C2(C)NC(=O)C=CC(=O)O. The summed E-state index contributed by atoms with van der Waals surface area (Å²) in [5, 5.41) is 30.8. The van der Waals surface area contributed by atoms with Crippen LogP contribution in [0.5, 0.6) is 23.0 Å². The van der Waals surface area contributed by atoms with E-state index in [0.29, 0.717) is 6.08 Å². The fraction of sp³-hybridized carbons (Fsp3) is 0.267. The molecular formula is C15H15NO8. The van der Waals surface area contributed by atoms with Gasteiger partial charge in [-0.3, -0.25) is 4.79 Å². The van der Waals surface area contributed by atoms with Crippen molar-refractivity contribution >= 4 is 17.8 Å². The van der Waals surface area contributed by atoms with Crippen LogP contribution in [0.2, 0.25) is 0 Å². The quantitative estimate of drug-likeness (QED) is 0.266. The van der Waals surface area contributed by atoms with Gasteiger partial charge in [0.15, 0.2) is 17.0 Å². The highest BCUT2D eigenvalue weighted by atomic mass is 16.6. The van der Waals surface area contributed by atoms with E-state index in [9.17, 15) is 24.6 Å². The third kappa shape index (κ3) is 2.49. The molecule has 24 heavy (non-hydrogen) atoms. The van der Waals surface area contributed by atoms with Gasteiger partial charge in [-0.15, -0.1) is 0 Å². The Labute approximate surface area is 136 Å². The van der Waals surface area contributed by atoms with E-state index < -0.39 is 34.9 Å². The van der Waals surface area contributed by atoms with Crippen LogP contribution in [0.1, 0.15) is 18.1 Å². The molecule has 0 bridgehead atoms. The number of benzene rings is 1. The predicted molar refractivity (Wildman–Crippen MR) is 79.0 cm³/mol. The van der Waals surface area contributed by atoms with Gasteiger partial charge in [-0.2, -0.15) is 0 Å². The Morgan fingerprint density at radius 3 is 2.42 bits per heavy atom. The van der Waals surface area contributed by atoms with Crippen LogP contribution >= 0.6 is 0 Å². The normalized spacial score (nSPS) is 19.0. The number of carbonyl (C=O) groups excluding carboxylic acids is 2. The number of amides is 1. The van der Waals surface area contributed by atoms with Crippen molar-refractivity contribution in [2.75, 3.05) is 7.11 Å². The van der Waals surface area contributed by atoms with Crippen LogP contribution in [0.25, 0.3) is 0 Å². The van der Waals surface area contributed by atoms with Crippen molar-refractivity contribution in [1.82, 2.24) is 5.32 Å². The molecule has 4 N–H and O–H groups in total. The van der Waals surface area contributed by atoms with Gasteiger partial charge in [0.2, 0.25) is 17.4 Å². The van der Waals surface area contributed by atoms with Gasteiger partial charge in [0.05, 0.1) is 7.11 Å². The maximum atomic E-state index is 12.3. The van der Waals surface area contributed by atoms with Crippen LogP contribution in [-0.4, -0.2) is 40.3 Å². The molecule has 9 nitrogen and oxygen atoms in total. The summed E-state index contributed by atoms with van der Waals surface area (Å²) in [6.07, 6.45) is 1.35. The third-order valence-electron chi connectivity index (χ3n) is 3.66. The first-order valence-corrected chi connectivity index (χ1v) is 6.71. The van der Waals surface area contributed by atoms with Crippen LogP contribution in [0.3, 0.4) is 0 Å². The number of fused-ring (bicyclic) bond motifs is 1. The lowest BCUT2D eigenvalue weighted by atomic mass is 9.88. The number of phenols is 2. The van der Waals surface area contributed by atoms with Crippen LogP contribution in [0.4, 0.5) is 0 Å². The topological polar surface area (TPSA) is 142 Å². The summed E-state index contributed by atoms with van der Waals surface area (Å²) in [6.45, 7) is 2.75. The molecule has 1 atom stereocenters. The van der Waals surface area contributed by atoms with Gasteiger partial charge < -0.3 is 30.1 Å². The van der Waals surface area contributed by atoms with E-state index in [1.165, 1.54) is 21.0 Å². The molecule has 1 amide bonds. The average molecular weight is 337 g/mol. The van der Waals surface area contributed by atoms with Crippen molar-refractivity contribution in [1.29, 1.82) is 0 Å². The van der Waals surface area contributed by atoms with Crippen molar-refractivity contribution in [3.05, 3.63) is 23.3 Å². The Bertz CT molecular complexity index is 782. The van der Waals surface area contributed by atoms with Crippen LogP contribution in [0, 0.1) is 6.92 Å².